The van der Waals surface area contributed by atoms with Gasteiger partial charge in [0.15, 0.2) is 0 Å². The molecule has 0 bridgehead atoms. The van der Waals surface area contributed by atoms with E-state index in [0.29, 0.717) is 5.92 Å². The summed E-state index contributed by atoms with van der Waals surface area (Å²) in [6, 6.07) is 10.5. The molecule has 0 spiro atoms. The number of aliphatic hydroxyl groups excluding tert-OH is 1. The lowest BCUT2D eigenvalue weighted by atomic mass is 9.90. The van der Waals surface area contributed by atoms with E-state index in [0.717, 1.165) is 12.8 Å². The molecule has 2 rings (SSSR count). The minimum Gasteiger partial charge on any atom is -0.393 e. The molecule has 1 nitrogen and oxygen atoms in total. The van der Waals surface area contributed by atoms with Crippen molar-refractivity contribution in [3.8, 4) is 0 Å². The van der Waals surface area contributed by atoms with Crippen LogP contribution in [-0.2, 0) is 6.42 Å². The molecular formula is C14H20O. The molecule has 1 aliphatic carbocycles. The second kappa shape index (κ2) is 5.32. The van der Waals surface area contributed by atoms with E-state index in [1.165, 1.54) is 31.2 Å². The first-order chi connectivity index (χ1) is 7.36. The molecule has 0 heterocycles. The molecule has 2 unspecified atom stereocenters. The zero-order chi connectivity index (χ0) is 10.5. The van der Waals surface area contributed by atoms with Gasteiger partial charge in [0.05, 0.1) is 6.10 Å². The topological polar surface area (TPSA) is 20.2 Å². The van der Waals surface area contributed by atoms with Gasteiger partial charge in [-0.2, -0.15) is 0 Å². The summed E-state index contributed by atoms with van der Waals surface area (Å²) < 4.78 is 0. The first-order valence-electron chi connectivity index (χ1n) is 6.08. The van der Waals surface area contributed by atoms with E-state index in [-0.39, 0.29) is 6.10 Å². The molecule has 1 aromatic carbocycles. The minimum absolute atomic E-state index is 0.0762. The Labute approximate surface area is 92.1 Å². The van der Waals surface area contributed by atoms with Gasteiger partial charge in [-0.05, 0) is 30.7 Å². The highest BCUT2D eigenvalue weighted by molar-refractivity contribution is 5.15. The maximum absolute atomic E-state index is 10.0. The van der Waals surface area contributed by atoms with E-state index in [1.807, 2.05) is 6.07 Å². The van der Waals surface area contributed by atoms with Gasteiger partial charge < -0.3 is 5.11 Å². The predicted molar refractivity (Wildman–Crippen MR) is 62.7 cm³/mol. The van der Waals surface area contributed by atoms with E-state index in [4.69, 9.17) is 0 Å². The van der Waals surface area contributed by atoms with Gasteiger partial charge >= 0.3 is 0 Å². The lowest BCUT2D eigenvalue weighted by Gasteiger charge is -2.20. The third-order valence-corrected chi connectivity index (χ3v) is 3.46. The summed E-state index contributed by atoms with van der Waals surface area (Å²) in [5.74, 6) is 0.481. The van der Waals surface area contributed by atoms with Crippen molar-refractivity contribution in [3.63, 3.8) is 0 Å². The van der Waals surface area contributed by atoms with Gasteiger partial charge in [0.25, 0.3) is 0 Å². The van der Waals surface area contributed by atoms with E-state index in [2.05, 4.69) is 24.3 Å². The summed E-state index contributed by atoms with van der Waals surface area (Å²) in [6.07, 6.45) is 6.94. The van der Waals surface area contributed by atoms with Gasteiger partial charge in [-0.3, -0.25) is 0 Å². The first-order valence-corrected chi connectivity index (χ1v) is 6.08. The lowest BCUT2D eigenvalue weighted by Crippen LogP contribution is -2.20. The first kappa shape index (κ1) is 10.7. The van der Waals surface area contributed by atoms with Crippen LogP contribution < -0.4 is 0 Å². The molecule has 0 aliphatic heterocycles. The summed E-state index contributed by atoms with van der Waals surface area (Å²) in [7, 11) is 0. The van der Waals surface area contributed by atoms with Crippen LogP contribution in [0, 0.1) is 5.92 Å². The van der Waals surface area contributed by atoms with Crippen LogP contribution >= 0.6 is 0 Å². The summed E-state index contributed by atoms with van der Waals surface area (Å²) in [4.78, 5) is 0. The number of benzene rings is 1. The van der Waals surface area contributed by atoms with Crippen molar-refractivity contribution in [2.24, 2.45) is 5.92 Å². The molecule has 15 heavy (non-hydrogen) atoms. The Kier molecular flexibility index (Phi) is 3.79. The highest BCUT2D eigenvalue weighted by Gasteiger charge is 2.21. The molecule has 2 atom stereocenters. The molecule has 0 amide bonds. The summed E-state index contributed by atoms with van der Waals surface area (Å²) in [5, 5.41) is 10.0. The zero-order valence-electron chi connectivity index (χ0n) is 9.23. The molecule has 1 N–H and O–H groups in total. The average molecular weight is 204 g/mol. The summed E-state index contributed by atoms with van der Waals surface area (Å²) in [6.45, 7) is 0. The molecule has 1 heteroatoms. The van der Waals surface area contributed by atoms with Crippen molar-refractivity contribution in [3.05, 3.63) is 35.9 Å². The smallest absolute Gasteiger partial charge is 0.0571 e. The van der Waals surface area contributed by atoms with Gasteiger partial charge in [0, 0.05) is 0 Å². The second-order valence-electron chi connectivity index (χ2n) is 4.66. The van der Waals surface area contributed by atoms with E-state index in [1.54, 1.807) is 0 Å². The van der Waals surface area contributed by atoms with Crippen molar-refractivity contribution < 1.29 is 5.11 Å². The lowest BCUT2D eigenvalue weighted by molar-refractivity contribution is 0.101. The Morgan fingerprint density at radius 3 is 2.53 bits per heavy atom. The summed E-state index contributed by atoms with van der Waals surface area (Å²) >= 11 is 0. The van der Waals surface area contributed by atoms with Crippen LogP contribution in [0.5, 0.6) is 0 Å². The Hall–Kier alpha value is -0.820. The molecule has 0 aromatic heterocycles. The highest BCUT2D eigenvalue weighted by Crippen LogP contribution is 2.26. The number of aliphatic hydroxyl groups is 1. The monoisotopic (exact) mass is 204 g/mol. The van der Waals surface area contributed by atoms with Crippen molar-refractivity contribution >= 4 is 0 Å². The Bertz CT molecular complexity index is 281. The molecule has 1 aliphatic rings. The van der Waals surface area contributed by atoms with Crippen molar-refractivity contribution in [2.75, 3.05) is 0 Å². The fourth-order valence-electron chi connectivity index (χ4n) is 2.52. The van der Waals surface area contributed by atoms with Gasteiger partial charge in [0.2, 0.25) is 0 Å². The second-order valence-corrected chi connectivity index (χ2v) is 4.66. The predicted octanol–water partition coefficient (Wildman–Crippen LogP) is 3.17. The molecule has 1 aromatic rings. The zero-order valence-corrected chi connectivity index (χ0v) is 9.23. The molecular weight excluding hydrogens is 184 g/mol. The number of hydrogen-bond acceptors (Lipinski definition) is 1. The number of rotatable bonds is 2. The van der Waals surface area contributed by atoms with Crippen LogP contribution in [-0.4, -0.2) is 11.2 Å². The molecule has 0 radical (unpaired) electrons. The molecule has 0 saturated heterocycles. The Morgan fingerprint density at radius 2 is 1.73 bits per heavy atom. The van der Waals surface area contributed by atoms with Crippen LogP contribution in [0.25, 0.3) is 0 Å². The SMILES string of the molecule is OC1CCCCCC1Cc1ccccc1. The van der Waals surface area contributed by atoms with Crippen molar-refractivity contribution in [1.82, 2.24) is 0 Å². The van der Waals surface area contributed by atoms with Crippen LogP contribution in [0.15, 0.2) is 30.3 Å². The highest BCUT2D eigenvalue weighted by atomic mass is 16.3. The fourth-order valence-corrected chi connectivity index (χ4v) is 2.52. The van der Waals surface area contributed by atoms with E-state index >= 15 is 0 Å². The Balaban J connectivity index is 1.97. The van der Waals surface area contributed by atoms with Crippen LogP contribution in [0.2, 0.25) is 0 Å². The normalized spacial score (nSPS) is 27.3. The van der Waals surface area contributed by atoms with Crippen LogP contribution in [0.1, 0.15) is 37.7 Å². The quantitative estimate of drug-likeness (QED) is 0.734. The molecule has 1 saturated carbocycles. The van der Waals surface area contributed by atoms with Gasteiger partial charge in [-0.25, -0.2) is 0 Å². The van der Waals surface area contributed by atoms with Gasteiger partial charge in [0.1, 0.15) is 0 Å². The Morgan fingerprint density at radius 1 is 1.00 bits per heavy atom. The van der Waals surface area contributed by atoms with Crippen LogP contribution in [0.3, 0.4) is 0 Å². The van der Waals surface area contributed by atoms with Crippen molar-refractivity contribution in [1.29, 1.82) is 0 Å². The molecule has 1 fully saturated rings. The van der Waals surface area contributed by atoms with Crippen LogP contribution in [0.4, 0.5) is 0 Å². The molecule has 82 valence electrons. The fraction of sp³-hybridized carbons (Fsp3) is 0.571. The minimum atomic E-state index is -0.0762. The standard InChI is InChI=1S/C14H20O/c15-14-10-6-2-5-9-13(14)11-12-7-3-1-4-8-12/h1,3-4,7-8,13-15H,2,5-6,9-11H2. The maximum atomic E-state index is 10.0. The average Bonchev–Trinajstić information content (AvgIpc) is 2.46. The van der Waals surface area contributed by atoms with Crippen molar-refractivity contribution in [2.45, 2.75) is 44.6 Å². The van der Waals surface area contributed by atoms with E-state index in [9.17, 15) is 5.11 Å². The third-order valence-electron chi connectivity index (χ3n) is 3.46. The summed E-state index contributed by atoms with van der Waals surface area (Å²) in [5.41, 5.74) is 1.36. The largest absolute Gasteiger partial charge is 0.393 e. The number of hydrogen-bond donors (Lipinski definition) is 1. The van der Waals surface area contributed by atoms with Gasteiger partial charge in [-0.15, -0.1) is 0 Å². The third kappa shape index (κ3) is 3.07. The maximum Gasteiger partial charge on any atom is 0.0571 e. The van der Waals surface area contributed by atoms with E-state index < -0.39 is 0 Å². The van der Waals surface area contributed by atoms with Gasteiger partial charge in [-0.1, -0.05) is 49.6 Å².